The highest BCUT2D eigenvalue weighted by molar-refractivity contribution is 6.11. The molecule has 34 heavy (non-hydrogen) atoms. The highest BCUT2D eigenvalue weighted by Crippen LogP contribution is 2.66. The van der Waals surface area contributed by atoms with Crippen LogP contribution >= 0.6 is 0 Å². The number of Topliss-reactive ketones (excluding diaryl/α,β-unsaturated/α-hetero) is 2. The normalized spacial score (nSPS) is 38.7. The van der Waals surface area contributed by atoms with Crippen LogP contribution < -0.4 is 0 Å². The first-order valence-electron chi connectivity index (χ1n) is 12.1. The number of carbonyl (C=O) groups is 4. The maximum absolute atomic E-state index is 13.8. The Labute approximate surface area is 199 Å². The van der Waals surface area contributed by atoms with Gasteiger partial charge in [0.25, 0.3) is 0 Å². The van der Waals surface area contributed by atoms with E-state index in [0.717, 1.165) is 29.6 Å². The van der Waals surface area contributed by atoms with Crippen LogP contribution in [0.25, 0.3) is 0 Å². The largest absolute Gasteiger partial charge is 0.472 e. The third-order valence-electron chi connectivity index (χ3n) is 9.59. The van der Waals surface area contributed by atoms with Crippen molar-refractivity contribution in [2.75, 3.05) is 7.11 Å². The van der Waals surface area contributed by atoms with Gasteiger partial charge in [0, 0.05) is 21.8 Å². The van der Waals surface area contributed by atoms with E-state index in [4.69, 9.17) is 13.9 Å². The Kier molecular flexibility index (Phi) is 5.02. The van der Waals surface area contributed by atoms with Crippen molar-refractivity contribution in [3.05, 3.63) is 35.3 Å². The standard InChI is InChI=1S/C27H32O7/c1-25(2)19(12-20(28)32-5)27(4)17-6-8-26(3)18(15(17)10-16(22(25)30)23(27)31)11-21(29)34-24(26)14-7-9-33-13-14/h7,9,13,16-17,19,24H,6,8,10-12H2,1-5H3/t16-,17+,19+,24+,26+,27-/m1/s1. The van der Waals surface area contributed by atoms with E-state index in [2.05, 4.69) is 6.92 Å². The third kappa shape index (κ3) is 2.88. The van der Waals surface area contributed by atoms with Crippen LogP contribution in [0.4, 0.5) is 0 Å². The summed E-state index contributed by atoms with van der Waals surface area (Å²) < 4.78 is 16.1. The van der Waals surface area contributed by atoms with Crippen LogP contribution in [-0.2, 0) is 28.7 Å². The molecule has 7 heteroatoms. The van der Waals surface area contributed by atoms with E-state index in [1.165, 1.54) is 7.11 Å². The summed E-state index contributed by atoms with van der Waals surface area (Å²) in [7, 11) is 1.33. The minimum atomic E-state index is -0.884. The maximum atomic E-state index is 13.8. The molecule has 1 aromatic heterocycles. The van der Waals surface area contributed by atoms with Crippen molar-refractivity contribution in [2.45, 2.75) is 65.9 Å². The maximum Gasteiger partial charge on any atom is 0.310 e. The van der Waals surface area contributed by atoms with Crippen LogP contribution in [0.2, 0.25) is 0 Å². The quantitative estimate of drug-likeness (QED) is 0.369. The highest BCUT2D eigenvalue weighted by Gasteiger charge is 2.67. The van der Waals surface area contributed by atoms with Gasteiger partial charge >= 0.3 is 11.9 Å². The summed E-state index contributed by atoms with van der Waals surface area (Å²) in [6.45, 7) is 7.77. The number of ketones is 2. The molecular weight excluding hydrogens is 436 g/mol. The number of furan rings is 1. The van der Waals surface area contributed by atoms with Crippen molar-refractivity contribution in [1.29, 1.82) is 0 Å². The van der Waals surface area contributed by atoms with Crippen LogP contribution in [0.1, 0.15) is 71.5 Å². The van der Waals surface area contributed by atoms with Crippen molar-refractivity contribution < 1.29 is 33.1 Å². The Bertz CT molecular complexity index is 1110. The summed E-state index contributed by atoms with van der Waals surface area (Å²) in [6, 6.07) is 1.82. The Morgan fingerprint density at radius 3 is 2.53 bits per heavy atom. The number of ether oxygens (including phenoxy) is 2. The van der Waals surface area contributed by atoms with Crippen LogP contribution in [0.5, 0.6) is 0 Å². The first kappa shape index (κ1) is 23.1. The SMILES string of the molecule is COC(=O)C[C@H]1C(C)(C)C(=O)[C@H]2CC3=C4CC(=O)O[C@@H](c5ccoc5)[C@@]4(C)CC[C@@H]3[C@@]1(C)C2=O. The second-order valence-electron chi connectivity index (χ2n) is 11.4. The molecule has 5 rings (SSSR count). The molecule has 2 bridgehead atoms. The monoisotopic (exact) mass is 468 g/mol. The first-order valence-corrected chi connectivity index (χ1v) is 12.1. The van der Waals surface area contributed by atoms with Crippen LogP contribution in [-0.4, -0.2) is 30.6 Å². The molecule has 0 aromatic carbocycles. The zero-order chi connectivity index (χ0) is 24.6. The molecule has 1 aliphatic heterocycles. The average Bonchev–Trinajstić information content (AvgIpc) is 3.32. The summed E-state index contributed by atoms with van der Waals surface area (Å²) in [5, 5.41) is 0. The summed E-state index contributed by atoms with van der Waals surface area (Å²) in [4.78, 5) is 52.6. The third-order valence-corrected chi connectivity index (χ3v) is 9.59. The Morgan fingerprint density at radius 2 is 1.88 bits per heavy atom. The van der Waals surface area contributed by atoms with Crippen molar-refractivity contribution >= 4 is 23.5 Å². The van der Waals surface area contributed by atoms with Crippen LogP contribution in [0.15, 0.2) is 34.2 Å². The fourth-order valence-corrected chi connectivity index (χ4v) is 7.76. The lowest BCUT2D eigenvalue weighted by Crippen LogP contribution is -2.64. The first-order chi connectivity index (χ1) is 16.0. The lowest BCUT2D eigenvalue weighted by atomic mass is 9.41. The number of carbonyl (C=O) groups excluding carboxylic acids is 4. The van der Waals surface area contributed by atoms with E-state index in [1.807, 2.05) is 26.8 Å². The van der Waals surface area contributed by atoms with Gasteiger partial charge in [-0.05, 0) is 42.7 Å². The summed E-state index contributed by atoms with van der Waals surface area (Å²) >= 11 is 0. The minimum Gasteiger partial charge on any atom is -0.472 e. The fraction of sp³-hybridized carbons (Fsp3) is 0.630. The van der Waals surface area contributed by atoms with Gasteiger partial charge in [-0.3, -0.25) is 19.2 Å². The van der Waals surface area contributed by atoms with Gasteiger partial charge in [-0.15, -0.1) is 0 Å². The van der Waals surface area contributed by atoms with Gasteiger partial charge < -0.3 is 13.9 Å². The summed E-state index contributed by atoms with van der Waals surface area (Å²) in [5.41, 5.74) is 0.703. The molecule has 0 radical (unpaired) electrons. The van der Waals surface area contributed by atoms with Gasteiger partial charge in [-0.25, -0.2) is 0 Å². The molecule has 2 saturated carbocycles. The summed E-state index contributed by atoms with van der Waals surface area (Å²) in [5.74, 6) is -2.26. The van der Waals surface area contributed by atoms with Gasteiger partial charge in [0.05, 0.1) is 38.4 Å². The van der Waals surface area contributed by atoms with Gasteiger partial charge in [-0.2, -0.15) is 0 Å². The predicted octanol–water partition coefficient (Wildman–Crippen LogP) is 4.36. The molecule has 6 atom stereocenters. The van der Waals surface area contributed by atoms with Crippen molar-refractivity contribution in [2.24, 2.45) is 34.0 Å². The number of hydrogen-bond acceptors (Lipinski definition) is 7. The molecule has 0 spiro atoms. The van der Waals surface area contributed by atoms with Crippen molar-refractivity contribution in [3.8, 4) is 0 Å². The summed E-state index contributed by atoms with van der Waals surface area (Å²) in [6.07, 6.45) is 4.68. The topological polar surface area (TPSA) is 99.9 Å². The smallest absolute Gasteiger partial charge is 0.310 e. The Morgan fingerprint density at radius 1 is 1.15 bits per heavy atom. The zero-order valence-electron chi connectivity index (χ0n) is 20.4. The van der Waals surface area contributed by atoms with E-state index >= 15 is 0 Å². The number of methoxy groups -OCH3 is 1. The van der Waals surface area contributed by atoms with Gasteiger partial charge in [0.1, 0.15) is 17.7 Å². The molecule has 0 amide bonds. The van der Waals surface area contributed by atoms with E-state index < -0.39 is 40.2 Å². The molecule has 0 unspecified atom stereocenters. The number of rotatable bonds is 3. The molecule has 7 nitrogen and oxygen atoms in total. The Balaban J connectivity index is 1.68. The molecule has 4 aliphatic rings. The van der Waals surface area contributed by atoms with E-state index in [-0.39, 0.29) is 36.3 Å². The molecular formula is C27H32O7. The predicted molar refractivity (Wildman–Crippen MR) is 120 cm³/mol. The van der Waals surface area contributed by atoms with Crippen LogP contribution in [0, 0.1) is 34.0 Å². The molecule has 0 N–H and O–H groups in total. The Hall–Kier alpha value is -2.70. The van der Waals surface area contributed by atoms with Crippen LogP contribution in [0.3, 0.4) is 0 Å². The number of allylic oxidation sites excluding steroid dienone is 1. The van der Waals surface area contributed by atoms with Gasteiger partial charge in [0.15, 0.2) is 0 Å². The molecule has 2 heterocycles. The molecule has 3 fully saturated rings. The molecule has 1 aromatic rings. The molecule has 1 saturated heterocycles. The van der Waals surface area contributed by atoms with Crippen molar-refractivity contribution in [1.82, 2.24) is 0 Å². The highest BCUT2D eigenvalue weighted by atomic mass is 16.5. The molecule has 3 aliphatic carbocycles. The van der Waals surface area contributed by atoms with Crippen molar-refractivity contribution in [3.63, 3.8) is 0 Å². The fourth-order valence-electron chi connectivity index (χ4n) is 7.76. The average molecular weight is 469 g/mol. The number of esters is 2. The van der Waals surface area contributed by atoms with Gasteiger partial charge in [-0.1, -0.05) is 33.3 Å². The number of hydrogen-bond donors (Lipinski definition) is 0. The van der Waals surface area contributed by atoms with E-state index in [0.29, 0.717) is 6.42 Å². The zero-order valence-corrected chi connectivity index (χ0v) is 20.4. The number of cyclic esters (lactones) is 1. The lowest BCUT2D eigenvalue weighted by molar-refractivity contribution is -0.172. The lowest BCUT2D eigenvalue weighted by Gasteiger charge is -2.61. The van der Waals surface area contributed by atoms with E-state index in [9.17, 15) is 19.2 Å². The van der Waals surface area contributed by atoms with E-state index in [1.54, 1.807) is 12.5 Å². The second-order valence-corrected chi connectivity index (χ2v) is 11.4. The minimum absolute atomic E-state index is 0.0142. The molecule has 182 valence electrons. The number of fused-ring (bicyclic) bond motifs is 5. The second kappa shape index (κ2) is 7.40. The van der Waals surface area contributed by atoms with Gasteiger partial charge in [0.2, 0.25) is 0 Å².